The normalized spacial score (nSPS) is 19.4. The number of benzene rings is 2. The van der Waals surface area contributed by atoms with Crippen LogP contribution in [0.15, 0.2) is 58.3 Å². The van der Waals surface area contributed by atoms with Gasteiger partial charge in [0.15, 0.2) is 0 Å². The number of likely N-dealkylation sites (tertiary alicyclic amines) is 1. The molecule has 1 fully saturated rings. The van der Waals surface area contributed by atoms with Crippen molar-refractivity contribution in [3.63, 3.8) is 0 Å². The Morgan fingerprint density at radius 2 is 2.03 bits per heavy atom. The third-order valence-corrected chi connectivity index (χ3v) is 7.27. The third-order valence-electron chi connectivity index (χ3n) is 6.20. The molecule has 7 nitrogen and oxygen atoms in total. The van der Waals surface area contributed by atoms with Crippen molar-refractivity contribution in [1.29, 1.82) is 0 Å². The van der Waals surface area contributed by atoms with Crippen molar-refractivity contribution in [3.05, 3.63) is 87.4 Å². The lowest BCUT2D eigenvalue weighted by Crippen LogP contribution is -2.35. The quantitative estimate of drug-likeness (QED) is 0.394. The number of amides is 1. The molecule has 186 valence electrons. The molecule has 1 saturated heterocycles. The molecule has 0 spiro atoms. The molecular formula is C26H25F2N5O2S. The summed E-state index contributed by atoms with van der Waals surface area (Å²) in [6.07, 6.45) is -0.544. The van der Waals surface area contributed by atoms with Crippen molar-refractivity contribution < 1.29 is 18.0 Å². The molecule has 2 N–H and O–H groups in total. The van der Waals surface area contributed by atoms with E-state index >= 15 is 0 Å². The number of aromatic nitrogens is 3. The highest BCUT2D eigenvalue weighted by atomic mass is 32.1. The first-order chi connectivity index (χ1) is 17.2. The lowest BCUT2D eigenvalue weighted by molar-refractivity contribution is 0.0728. The van der Waals surface area contributed by atoms with Gasteiger partial charge in [-0.2, -0.15) is 0 Å². The van der Waals surface area contributed by atoms with E-state index in [9.17, 15) is 13.6 Å². The molecule has 3 atom stereocenters. The molecule has 0 bridgehead atoms. The Hall–Kier alpha value is -3.50. The SMILES string of the molecule is Cc1csc([C@H]2C[C@H](F)CN2C(=O)c2ccc(F)c(-c3nnc([C@](C)(N)Cc4ccccc4)o3)c2)n1. The maximum absolute atomic E-state index is 14.8. The number of hydrogen-bond donors (Lipinski definition) is 1. The van der Waals surface area contributed by atoms with Crippen LogP contribution in [0.25, 0.3) is 11.5 Å². The maximum Gasteiger partial charge on any atom is 0.254 e. The van der Waals surface area contributed by atoms with Crippen molar-refractivity contribution in [2.75, 3.05) is 6.54 Å². The average molecular weight is 510 g/mol. The van der Waals surface area contributed by atoms with E-state index in [1.165, 1.54) is 34.4 Å². The van der Waals surface area contributed by atoms with E-state index in [1.54, 1.807) is 6.92 Å². The molecule has 3 heterocycles. The van der Waals surface area contributed by atoms with Crippen LogP contribution in [0.4, 0.5) is 8.78 Å². The van der Waals surface area contributed by atoms with E-state index < -0.39 is 29.5 Å². The van der Waals surface area contributed by atoms with Crippen molar-refractivity contribution in [2.24, 2.45) is 5.73 Å². The monoisotopic (exact) mass is 509 g/mol. The van der Waals surface area contributed by atoms with E-state index in [1.807, 2.05) is 42.6 Å². The van der Waals surface area contributed by atoms with Crippen LogP contribution in [0.1, 0.15) is 51.9 Å². The molecule has 36 heavy (non-hydrogen) atoms. The van der Waals surface area contributed by atoms with Crippen LogP contribution in [-0.4, -0.2) is 38.7 Å². The van der Waals surface area contributed by atoms with Crippen LogP contribution in [0.3, 0.4) is 0 Å². The van der Waals surface area contributed by atoms with Crippen molar-refractivity contribution >= 4 is 17.2 Å². The van der Waals surface area contributed by atoms with Gasteiger partial charge < -0.3 is 15.1 Å². The number of halogens is 2. The van der Waals surface area contributed by atoms with Gasteiger partial charge in [-0.15, -0.1) is 21.5 Å². The van der Waals surface area contributed by atoms with Gasteiger partial charge in [0.25, 0.3) is 11.8 Å². The zero-order valence-corrected chi connectivity index (χ0v) is 20.6. The number of nitrogens with zero attached hydrogens (tertiary/aromatic N) is 4. The number of carbonyl (C=O) groups is 1. The summed E-state index contributed by atoms with van der Waals surface area (Å²) in [4.78, 5) is 19.3. The lowest BCUT2D eigenvalue weighted by atomic mass is 9.94. The van der Waals surface area contributed by atoms with Gasteiger partial charge >= 0.3 is 0 Å². The Morgan fingerprint density at radius 1 is 1.25 bits per heavy atom. The number of alkyl halides is 1. The van der Waals surface area contributed by atoms with Gasteiger partial charge in [0.1, 0.15) is 17.0 Å². The molecule has 0 aliphatic carbocycles. The summed E-state index contributed by atoms with van der Waals surface area (Å²) in [5.41, 5.74) is 7.45. The Labute approximate surface area is 211 Å². The average Bonchev–Trinajstić information content (AvgIpc) is 3.59. The fraction of sp³-hybridized carbons (Fsp3) is 0.308. The number of hydrogen-bond acceptors (Lipinski definition) is 7. The summed E-state index contributed by atoms with van der Waals surface area (Å²) < 4.78 is 34.9. The van der Waals surface area contributed by atoms with Crippen LogP contribution in [0.2, 0.25) is 0 Å². The van der Waals surface area contributed by atoms with Crippen molar-refractivity contribution in [1.82, 2.24) is 20.1 Å². The summed E-state index contributed by atoms with van der Waals surface area (Å²) in [6.45, 7) is 3.56. The minimum atomic E-state index is -1.16. The predicted octanol–water partition coefficient (Wildman–Crippen LogP) is 4.98. The molecule has 2 aromatic heterocycles. The van der Waals surface area contributed by atoms with E-state index in [2.05, 4.69) is 15.2 Å². The van der Waals surface area contributed by atoms with Crippen LogP contribution in [0.5, 0.6) is 0 Å². The van der Waals surface area contributed by atoms with Gasteiger partial charge in [0.2, 0.25) is 5.89 Å². The van der Waals surface area contributed by atoms with Gasteiger partial charge in [-0.3, -0.25) is 4.79 Å². The number of aryl methyl sites for hydroxylation is 1. The Balaban J connectivity index is 1.41. The van der Waals surface area contributed by atoms with Gasteiger partial charge in [0, 0.05) is 23.1 Å². The first-order valence-corrected chi connectivity index (χ1v) is 12.4. The number of carbonyl (C=O) groups excluding carboxylic acids is 1. The molecule has 1 amide bonds. The molecule has 1 aliphatic heterocycles. The zero-order valence-electron chi connectivity index (χ0n) is 19.8. The second kappa shape index (κ2) is 9.51. The number of rotatable bonds is 6. The van der Waals surface area contributed by atoms with Gasteiger partial charge in [-0.05, 0) is 44.0 Å². The molecule has 1 aliphatic rings. The Morgan fingerprint density at radius 3 is 2.75 bits per heavy atom. The summed E-state index contributed by atoms with van der Waals surface area (Å²) in [5.74, 6) is -0.975. The fourth-order valence-electron chi connectivity index (χ4n) is 4.41. The van der Waals surface area contributed by atoms with Crippen LogP contribution in [0, 0.1) is 12.7 Å². The van der Waals surface area contributed by atoms with Gasteiger partial charge in [0.05, 0.1) is 23.7 Å². The summed E-state index contributed by atoms with van der Waals surface area (Å²) >= 11 is 1.40. The van der Waals surface area contributed by atoms with E-state index in [4.69, 9.17) is 10.2 Å². The van der Waals surface area contributed by atoms with Crippen molar-refractivity contribution in [3.8, 4) is 11.5 Å². The predicted molar refractivity (Wildman–Crippen MR) is 132 cm³/mol. The first kappa shape index (κ1) is 24.2. The molecule has 0 saturated carbocycles. The number of nitrogens with two attached hydrogens (primary N) is 1. The zero-order chi connectivity index (χ0) is 25.4. The second-order valence-corrected chi connectivity index (χ2v) is 10.2. The lowest BCUT2D eigenvalue weighted by Gasteiger charge is -2.23. The van der Waals surface area contributed by atoms with Gasteiger partial charge in [-0.25, -0.2) is 13.8 Å². The molecule has 2 aromatic carbocycles. The van der Waals surface area contributed by atoms with Crippen LogP contribution < -0.4 is 5.73 Å². The molecule has 0 radical (unpaired) electrons. The largest absolute Gasteiger partial charge is 0.419 e. The van der Waals surface area contributed by atoms with Crippen LogP contribution in [-0.2, 0) is 12.0 Å². The molecule has 5 rings (SSSR count). The molecule has 10 heteroatoms. The fourth-order valence-corrected chi connectivity index (χ4v) is 5.34. The minimum Gasteiger partial charge on any atom is -0.419 e. The highest BCUT2D eigenvalue weighted by Crippen LogP contribution is 2.37. The topological polar surface area (TPSA) is 98.1 Å². The third kappa shape index (κ3) is 4.78. The Kier molecular flexibility index (Phi) is 6.40. The maximum atomic E-state index is 14.8. The highest BCUT2D eigenvalue weighted by molar-refractivity contribution is 7.09. The standard InChI is InChI=1S/C26H25F2N5O2S/c1-15-14-36-23(30-15)21-11-18(27)13-33(21)24(34)17-8-9-20(28)19(10-17)22-31-32-25(35-22)26(2,29)12-16-6-4-3-5-7-16/h3-10,14,18,21H,11-13,29H2,1-2H3/t18-,21+,26+/m0/s1. The Bertz CT molecular complexity index is 1390. The summed E-state index contributed by atoms with van der Waals surface area (Å²) in [7, 11) is 0. The number of thiazole rings is 1. The first-order valence-electron chi connectivity index (χ1n) is 11.5. The molecular weight excluding hydrogens is 484 g/mol. The smallest absolute Gasteiger partial charge is 0.254 e. The molecule has 0 unspecified atom stereocenters. The van der Waals surface area contributed by atoms with E-state index in [0.717, 1.165) is 11.3 Å². The minimum absolute atomic E-state index is 0.0206. The van der Waals surface area contributed by atoms with Crippen LogP contribution >= 0.6 is 11.3 Å². The molecule has 4 aromatic rings. The van der Waals surface area contributed by atoms with Gasteiger partial charge in [-0.1, -0.05) is 30.3 Å². The van der Waals surface area contributed by atoms with E-state index in [0.29, 0.717) is 11.4 Å². The highest BCUT2D eigenvalue weighted by Gasteiger charge is 2.38. The summed E-state index contributed by atoms with van der Waals surface area (Å²) in [5, 5.41) is 10.6. The summed E-state index contributed by atoms with van der Waals surface area (Å²) in [6, 6.07) is 13.1. The second-order valence-electron chi connectivity index (χ2n) is 9.32. The van der Waals surface area contributed by atoms with E-state index in [-0.39, 0.29) is 35.9 Å². The van der Waals surface area contributed by atoms with Crippen molar-refractivity contribution in [2.45, 2.75) is 44.4 Å².